The topological polar surface area (TPSA) is 108 Å². The second kappa shape index (κ2) is 5.10. The quantitative estimate of drug-likeness (QED) is 0.575. The first-order valence-electron chi connectivity index (χ1n) is 3.96. The summed E-state index contributed by atoms with van der Waals surface area (Å²) >= 11 is 1.05. The van der Waals surface area contributed by atoms with Gasteiger partial charge < -0.3 is 10.6 Å². The van der Waals surface area contributed by atoms with E-state index >= 15 is 0 Å². The summed E-state index contributed by atoms with van der Waals surface area (Å²) in [5.41, 5.74) is 0. The molecule has 1 heterocycles. The molecular formula is C6H10N6O2S. The Labute approximate surface area is 89.5 Å². The smallest absolute Gasteiger partial charge is 0.320 e. The lowest BCUT2D eigenvalue weighted by Crippen LogP contribution is -2.24. The minimum Gasteiger partial charge on any atom is -0.341 e. The number of hydrogen-bond acceptors (Lipinski definition) is 5. The molecular weight excluding hydrogens is 220 g/mol. The lowest BCUT2D eigenvalue weighted by atomic mass is 10.9. The SMILES string of the molecule is CNC(=O)Nc1nnc(NC(=O)NC)s1. The third-order valence-electron chi connectivity index (χ3n) is 1.32. The first kappa shape index (κ1) is 11.2. The number of nitrogens with zero attached hydrogens (tertiary/aromatic N) is 2. The van der Waals surface area contributed by atoms with Gasteiger partial charge in [-0.15, -0.1) is 10.2 Å². The summed E-state index contributed by atoms with van der Waals surface area (Å²) in [6, 6.07) is -0.782. The van der Waals surface area contributed by atoms with Gasteiger partial charge in [0.1, 0.15) is 0 Å². The van der Waals surface area contributed by atoms with Crippen molar-refractivity contribution in [2.75, 3.05) is 24.7 Å². The summed E-state index contributed by atoms with van der Waals surface area (Å²) in [4.78, 5) is 21.8. The Bertz CT molecular complexity index is 332. The predicted octanol–water partition coefficient (Wildman–Crippen LogP) is 0.0407. The molecule has 0 bridgehead atoms. The molecule has 0 aromatic carbocycles. The van der Waals surface area contributed by atoms with Crippen LogP contribution in [0.25, 0.3) is 0 Å². The molecule has 0 unspecified atom stereocenters. The van der Waals surface area contributed by atoms with Gasteiger partial charge in [0.15, 0.2) is 0 Å². The summed E-state index contributed by atoms with van der Waals surface area (Å²) in [6.45, 7) is 0. The van der Waals surface area contributed by atoms with E-state index < -0.39 is 12.1 Å². The van der Waals surface area contributed by atoms with Gasteiger partial charge in [-0.25, -0.2) is 9.59 Å². The van der Waals surface area contributed by atoms with Gasteiger partial charge in [0.25, 0.3) is 0 Å². The molecule has 0 radical (unpaired) electrons. The number of aromatic nitrogens is 2. The molecule has 82 valence electrons. The minimum absolute atomic E-state index is 0.306. The van der Waals surface area contributed by atoms with Crippen LogP contribution in [0.3, 0.4) is 0 Å². The Morgan fingerprint density at radius 3 is 1.73 bits per heavy atom. The fourth-order valence-corrected chi connectivity index (χ4v) is 1.28. The Hall–Kier alpha value is -1.90. The van der Waals surface area contributed by atoms with Gasteiger partial charge in [0, 0.05) is 14.1 Å². The van der Waals surface area contributed by atoms with Crippen LogP contribution in [0, 0.1) is 0 Å². The highest BCUT2D eigenvalue weighted by Gasteiger charge is 2.08. The highest BCUT2D eigenvalue weighted by Crippen LogP contribution is 2.19. The molecule has 1 aromatic rings. The first-order chi connectivity index (χ1) is 7.15. The maximum atomic E-state index is 10.9. The zero-order valence-corrected chi connectivity index (χ0v) is 8.94. The number of nitrogens with one attached hydrogen (secondary N) is 4. The maximum Gasteiger partial charge on any atom is 0.320 e. The molecule has 0 saturated carbocycles. The highest BCUT2D eigenvalue weighted by molar-refractivity contribution is 7.19. The van der Waals surface area contributed by atoms with E-state index in [1.165, 1.54) is 14.1 Å². The number of hydrogen-bond donors (Lipinski definition) is 4. The van der Waals surface area contributed by atoms with E-state index in [0.29, 0.717) is 10.3 Å². The summed E-state index contributed by atoms with van der Waals surface area (Å²) in [5.74, 6) is 0. The second-order valence-electron chi connectivity index (χ2n) is 2.32. The molecule has 15 heavy (non-hydrogen) atoms. The Balaban J connectivity index is 2.56. The zero-order valence-electron chi connectivity index (χ0n) is 8.12. The molecule has 4 amide bonds. The van der Waals surface area contributed by atoms with Crippen molar-refractivity contribution in [1.82, 2.24) is 20.8 Å². The first-order valence-corrected chi connectivity index (χ1v) is 4.78. The Kier molecular flexibility index (Phi) is 3.80. The van der Waals surface area contributed by atoms with Gasteiger partial charge in [-0.3, -0.25) is 10.6 Å². The van der Waals surface area contributed by atoms with Gasteiger partial charge in [-0.1, -0.05) is 11.3 Å². The second-order valence-corrected chi connectivity index (χ2v) is 3.30. The lowest BCUT2D eigenvalue weighted by Gasteiger charge is -1.97. The van der Waals surface area contributed by atoms with Crippen molar-refractivity contribution >= 4 is 33.7 Å². The van der Waals surface area contributed by atoms with E-state index in [9.17, 15) is 9.59 Å². The monoisotopic (exact) mass is 230 g/mol. The van der Waals surface area contributed by atoms with E-state index in [1.807, 2.05) is 0 Å². The van der Waals surface area contributed by atoms with Crippen LogP contribution in [0.2, 0.25) is 0 Å². The molecule has 9 heteroatoms. The number of urea groups is 2. The van der Waals surface area contributed by atoms with Crippen LogP contribution in [0.15, 0.2) is 0 Å². The average molecular weight is 230 g/mol. The average Bonchev–Trinajstić information content (AvgIpc) is 2.65. The van der Waals surface area contributed by atoms with Crippen molar-refractivity contribution in [2.24, 2.45) is 0 Å². The van der Waals surface area contributed by atoms with Gasteiger partial charge in [-0.2, -0.15) is 0 Å². The van der Waals surface area contributed by atoms with E-state index in [-0.39, 0.29) is 0 Å². The van der Waals surface area contributed by atoms with Crippen LogP contribution < -0.4 is 21.3 Å². The lowest BCUT2D eigenvalue weighted by molar-refractivity contribution is 0.253. The van der Waals surface area contributed by atoms with Gasteiger partial charge in [0.05, 0.1) is 0 Å². The Morgan fingerprint density at radius 2 is 1.40 bits per heavy atom. The summed E-state index contributed by atoms with van der Waals surface area (Å²) in [6.07, 6.45) is 0. The predicted molar refractivity (Wildman–Crippen MR) is 56.1 cm³/mol. The van der Waals surface area contributed by atoms with Gasteiger partial charge in [-0.05, 0) is 0 Å². The van der Waals surface area contributed by atoms with E-state index in [2.05, 4.69) is 31.5 Å². The van der Waals surface area contributed by atoms with E-state index in [0.717, 1.165) is 11.3 Å². The van der Waals surface area contributed by atoms with Gasteiger partial charge >= 0.3 is 12.1 Å². The largest absolute Gasteiger partial charge is 0.341 e. The summed E-state index contributed by atoms with van der Waals surface area (Å²) < 4.78 is 0. The highest BCUT2D eigenvalue weighted by atomic mass is 32.1. The standard InChI is InChI=1S/C6H10N6O2S/c1-7-3(13)9-5-11-12-6(15-5)10-4(14)8-2/h1-2H3,(H2,7,9,11,13)(H2,8,10,12,14). The zero-order chi connectivity index (χ0) is 11.3. The number of amides is 4. The molecule has 0 saturated heterocycles. The van der Waals surface area contributed by atoms with E-state index in [4.69, 9.17) is 0 Å². The van der Waals surface area contributed by atoms with Crippen LogP contribution in [-0.2, 0) is 0 Å². The van der Waals surface area contributed by atoms with Crippen molar-refractivity contribution < 1.29 is 9.59 Å². The molecule has 1 rings (SSSR count). The van der Waals surface area contributed by atoms with E-state index in [1.54, 1.807) is 0 Å². The van der Waals surface area contributed by atoms with Crippen LogP contribution in [-0.4, -0.2) is 36.4 Å². The maximum absolute atomic E-state index is 10.9. The molecule has 0 aliphatic carbocycles. The fourth-order valence-electron chi connectivity index (χ4n) is 0.643. The number of rotatable bonds is 2. The van der Waals surface area contributed by atoms with Crippen molar-refractivity contribution in [1.29, 1.82) is 0 Å². The van der Waals surface area contributed by atoms with Crippen molar-refractivity contribution in [3.8, 4) is 0 Å². The molecule has 0 aliphatic heterocycles. The molecule has 4 N–H and O–H groups in total. The third-order valence-corrected chi connectivity index (χ3v) is 2.07. The molecule has 0 atom stereocenters. The third kappa shape index (κ3) is 3.38. The Morgan fingerprint density at radius 1 is 1.00 bits per heavy atom. The normalized spacial score (nSPS) is 9.20. The van der Waals surface area contributed by atoms with Crippen LogP contribution in [0.1, 0.15) is 0 Å². The summed E-state index contributed by atoms with van der Waals surface area (Å²) in [5, 5.41) is 17.5. The molecule has 0 spiro atoms. The van der Waals surface area contributed by atoms with Crippen molar-refractivity contribution in [3.05, 3.63) is 0 Å². The summed E-state index contributed by atoms with van der Waals surface area (Å²) in [7, 11) is 2.97. The number of carbonyl (C=O) groups excluding carboxylic acids is 2. The molecule has 8 nitrogen and oxygen atoms in total. The molecule has 1 aromatic heterocycles. The van der Waals surface area contributed by atoms with Crippen LogP contribution in [0.5, 0.6) is 0 Å². The van der Waals surface area contributed by atoms with Crippen LogP contribution >= 0.6 is 11.3 Å². The van der Waals surface area contributed by atoms with Gasteiger partial charge in [0.2, 0.25) is 10.3 Å². The molecule has 0 aliphatic rings. The number of carbonyl (C=O) groups is 2. The van der Waals surface area contributed by atoms with Crippen molar-refractivity contribution in [3.63, 3.8) is 0 Å². The number of anilines is 2. The molecule has 0 fully saturated rings. The van der Waals surface area contributed by atoms with Crippen LogP contribution in [0.4, 0.5) is 19.9 Å². The van der Waals surface area contributed by atoms with Crippen molar-refractivity contribution in [2.45, 2.75) is 0 Å². The fraction of sp³-hybridized carbons (Fsp3) is 0.333. The minimum atomic E-state index is -0.391.